The SMILES string of the molecule is CO.N#Cc1cc(F)c(Nc2cc(Nc3cc(N4CCCCC4)ncn3)ncc2C=N)c(Cl)c1. The standard InChI is InChI=1S/C22H20ClFN8.CH4O/c23-16-6-14(10-25)7-17(24)22(16)30-18-8-19(27-12-15(18)11-26)31-20-9-21(29-13-28-20)32-4-2-1-3-5-32;1-2/h6-9,11-13,26H,1-5H2,(H2,27,28,29,30,31);2H,1H3. The molecule has 1 aliphatic rings. The van der Waals surface area contributed by atoms with Gasteiger partial charge in [0.2, 0.25) is 0 Å². The van der Waals surface area contributed by atoms with Crippen LogP contribution in [0.1, 0.15) is 30.4 Å². The number of hydrogen-bond acceptors (Lipinski definition) is 9. The van der Waals surface area contributed by atoms with E-state index in [1.54, 1.807) is 6.07 Å². The number of pyridine rings is 1. The van der Waals surface area contributed by atoms with Gasteiger partial charge in [0, 0.05) is 50.3 Å². The highest BCUT2D eigenvalue weighted by Gasteiger charge is 2.15. The van der Waals surface area contributed by atoms with Crippen LogP contribution in [-0.4, -0.2) is 46.5 Å². The average Bonchev–Trinajstić information content (AvgIpc) is 2.88. The molecule has 9 nitrogen and oxygen atoms in total. The number of benzene rings is 1. The summed E-state index contributed by atoms with van der Waals surface area (Å²) in [5.74, 6) is 1.21. The lowest BCUT2D eigenvalue weighted by atomic mass is 10.1. The maximum absolute atomic E-state index is 14.5. The van der Waals surface area contributed by atoms with E-state index in [1.165, 1.54) is 25.0 Å². The molecule has 0 unspecified atom stereocenters. The number of aliphatic hydroxyl groups excluding tert-OH is 1. The Kier molecular flexibility index (Phi) is 8.67. The Bertz CT molecular complexity index is 1170. The molecule has 1 aliphatic heterocycles. The predicted molar refractivity (Wildman–Crippen MR) is 131 cm³/mol. The summed E-state index contributed by atoms with van der Waals surface area (Å²) in [4.78, 5) is 15.2. The van der Waals surface area contributed by atoms with Crippen LogP contribution in [0.25, 0.3) is 0 Å². The third-order valence-electron chi connectivity index (χ3n) is 5.11. The van der Waals surface area contributed by atoms with E-state index in [0.717, 1.165) is 51.1 Å². The molecule has 11 heteroatoms. The van der Waals surface area contributed by atoms with Crippen LogP contribution in [0.4, 0.5) is 33.2 Å². The fourth-order valence-electron chi connectivity index (χ4n) is 3.49. The molecule has 0 spiro atoms. The lowest BCUT2D eigenvalue weighted by molar-refractivity contribution is 0.399. The van der Waals surface area contributed by atoms with E-state index in [0.29, 0.717) is 22.9 Å². The van der Waals surface area contributed by atoms with Gasteiger partial charge in [0.05, 0.1) is 28.0 Å². The molecule has 4 rings (SSSR count). The molecule has 1 aromatic carbocycles. The number of nitrogens with one attached hydrogen (secondary N) is 3. The molecule has 0 saturated carbocycles. The summed E-state index contributed by atoms with van der Waals surface area (Å²) in [6.07, 6.45) is 7.61. The van der Waals surface area contributed by atoms with Crippen LogP contribution in [0.15, 0.2) is 36.8 Å². The Morgan fingerprint density at radius 3 is 2.50 bits per heavy atom. The number of piperidine rings is 1. The molecule has 4 N–H and O–H groups in total. The zero-order chi connectivity index (χ0) is 24.5. The average molecular weight is 483 g/mol. The molecule has 3 aromatic rings. The number of halogens is 2. The first-order valence-electron chi connectivity index (χ1n) is 10.5. The van der Waals surface area contributed by atoms with Crippen LogP contribution in [0.3, 0.4) is 0 Å². The van der Waals surface area contributed by atoms with E-state index < -0.39 is 5.82 Å². The van der Waals surface area contributed by atoms with E-state index in [9.17, 15) is 4.39 Å². The van der Waals surface area contributed by atoms with Crippen molar-refractivity contribution < 1.29 is 9.50 Å². The maximum Gasteiger partial charge on any atom is 0.149 e. The molecule has 176 valence electrons. The van der Waals surface area contributed by atoms with Gasteiger partial charge in [0.15, 0.2) is 0 Å². The fraction of sp³-hybridized carbons (Fsp3) is 0.261. The van der Waals surface area contributed by atoms with Crippen LogP contribution >= 0.6 is 11.6 Å². The zero-order valence-electron chi connectivity index (χ0n) is 18.5. The molecule has 0 radical (unpaired) electrons. The van der Waals surface area contributed by atoms with E-state index in [1.807, 2.05) is 12.1 Å². The van der Waals surface area contributed by atoms with Gasteiger partial charge in [-0.3, -0.25) is 0 Å². The molecule has 0 amide bonds. The van der Waals surface area contributed by atoms with E-state index >= 15 is 0 Å². The molecule has 0 bridgehead atoms. The number of nitrogens with zero attached hydrogens (tertiary/aromatic N) is 5. The summed E-state index contributed by atoms with van der Waals surface area (Å²) in [5.41, 5.74) is 0.997. The van der Waals surface area contributed by atoms with Crippen LogP contribution in [0, 0.1) is 22.6 Å². The van der Waals surface area contributed by atoms with Crippen LogP contribution < -0.4 is 15.5 Å². The van der Waals surface area contributed by atoms with Crippen LogP contribution in [0.5, 0.6) is 0 Å². The molecule has 0 atom stereocenters. The van der Waals surface area contributed by atoms with Gasteiger partial charge in [-0.25, -0.2) is 19.3 Å². The number of aromatic nitrogens is 3. The smallest absolute Gasteiger partial charge is 0.149 e. The van der Waals surface area contributed by atoms with Gasteiger partial charge in [-0.2, -0.15) is 5.26 Å². The molecule has 34 heavy (non-hydrogen) atoms. The van der Waals surface area contributed by atoms with E-state index in [2.05, 4.69) is 30.5 Å². The summed E-state index contributed by atoms with van der Waals surface area (Å²) < 4.78 is 14.5. The van der Waals surface area contributed by atoms with Crippen molar-refractivity contribution in [2.75, 3.05) is 35.7 Å². The van der Waals surface area contributed by atoms with Gasteiger partial charge in [-0.1, -0.05) is 11.6 Å². The van der Waals surface area contributed by atoms with Gasteiger partial charge >= 0.3 is 0 Å². The maximum atomic E-state index is 14.5. The number of hydrogen-bond donors (Lipinski definition) is 4. The monoisotopic (exact) mass is 482 g/mol. The first kappa shape index (κ1) is 24.8. The van der Waals surface area contributed by atoms with Crippen molar-refractivity contribution in [1.82, 2.24) is 15.0 Å². The Balaban J connectivity index is 0.00000158. The molecule has 2 aromatic heterocycles. The number of rotatable bonds is 6. The van der Waals surface area contributed by atoms with Gasteiger partial charge in [-0.15, -0.1) is 0 Å². The molecule has 1 fully saturated rings. The van der Waals surface area contributed by atoms with Crippen LogP contribution in [0.2, 0.25) is 5.02 Å². The Morgan fingerprint density at radius 2 is 1.82 bits per heavy atom. The first-order valence-corrected chi connectivity index (χ1v) is 10.9. The van der Waals surface area contributed by atoms with Crippen molar-refractivity contribution in [3.8, 4) is 6.07 Å². The highest BCUT2D eigenvalue weighted by Crippen LogP contribution is 2.32. The fourth-order valence-corrected chi connectivity index (χ4v) is 3.75. The highest BCUT2D eigenvalue weighted by atomic mass is 35.5. The Hall–Kier alpha value is -3.81. The molecule has 0 aliphatic carbocycles. The minimum atomic E-state index is -0.668. The van der Waals surface area contributed by atoms with Crippen molar-refractivity contribution >= 4 is 46.6 Å². The summed E-state index contributed by atoms with van der Waals surface area (Å²) in [7, 11) is 1.00. The topological polar surface area (TPSA) is 134 Å². The lowest BCUT2D eigenvalue weighted by Crippen LogP contribution is -2.30. The summed E-state index contributed by atoms with van der Waals surface area (Å²) in [6, 6.07) is 7.84. The number of aliphatic hydroxyl groups is 1. The van der Waals surface area contributed by atoms with E-state index in [4.69, 9.17) is 27.4 Å². The van der Waals surface area contributed by atoms with Crippen LogP contribution in [-0.2, 0) is 0 Å². The second-order valence-corrected chi connectivity index (χ2v) is 7.69. The Labute approximate surface area is 201 Å². The number of anilines is 5. The third kappa shape index (κ3) is 5.95. The number of nitriles is 1. The van der Waals surface area contributed by atoms with Crippen molar-refractivity contribution in [3.63, 3.8) is 0 Å². The predicted octanol–water partition coefficient (Wildman–Crippen LogP) is 4.62. The third-order valence-corrected chi connectivity index (χ3v) is 5.41. The second-order valence-electron chi connectivity index (χ2n) is 7.29. The summed E-state index contributed by atoms with van der Waals surface area (Å²) in [5, 5.41) is 29.7. The molecular formula is C23H24ClFN8O. The molecule has 1 saturated heterocycles. The van der Waals surface area contributed by atoms with Crippen molar-refractivity contribution in [1.29, 1.82) is 10.7 Å². The summed E-state index contributed by atoms with van der Waals surface area (Å²) in [6.45, 7) is 1.93. The Morgan fingerprint density at radius 1 is 1.09 bits per heavy atom. The van der Waals surface area contributed by atoms with Crippen molar-refractivity contribution in [3.05, 3.63) is 58.8 Å². The quantitative estimate of drug-likeness (QED) is 0.374. The van der Waals surface area contributed by atoms with Gasteiger partial charge < -0.3 is 26.0 Å². The molecular weight excluding hydrogens is 459 g/mol. The normalized spacial score (nSPS) is 12.7. The highest BCUT2D eigenvalue weighted by molar-refractivity contribution is 6.33. The summed E-state index contributed by atoms with van der Waals surface area (Å²) >= 11 is 6.16. The van der Waals surface area contributed by atoms with Gasteiger partial charge in [-0.05, 0) is 31.4 Å². The lowest BCUT2D eigenvalue weighted by Gasteiger charge is -2.27. The zero-order valence-corrected chi connectivity index (χ0v) is 19.3. The molecule has 3 heterocycles. The largest absolute Gasteiger partial charge is 0.400 e. The second kappa shape index (κ2) is 11.9. The van der Waals surface area contributed by atoms with Gasteiger partial charge in [0.25, 0.3) is 0 Å². The minimum Gasteiger partial charge on any atom is -0.400 e. The minimum absolute atomic E-state index is 0.0142. The first-order chi connectivity index (χ1) is 16.6. The van der Waals surface area contributed by atoms with Crippen molar-refractivity contribution in [2.24, 2.45) is 0 Å². The van der Waals surface area contributed by atoms with Crippen molar-refractivity contribution in [2.45, 2.75) is 19.3 Å². The van der Waals surface area contributed by atoms with Gasteiger partial charge in [0.1, 0.15) is 29.6 Å². The van der Waals surface area contributed by atoms with E-state index in [-0.39, 0.29) is 16.3 Å².